The summed E-state index contributed by atoms with van der Waals surface area (Å²) in [6.45, 7) is 1.15. The van der Waals surface area contributed by atoms with E-state index in [1.807, 2.05) is 0 Å². The fraction of sp³-hybridized carbons (Fsp3) is 0.294. The number of anilines is 1. The zero-order chi connectivity index (χ0) is 16.2. The third-order valence-corrected chi connectivity index (χ3v) is 3.92. The average Bonchev–Trinajstić information content (AvgIpc) is 3.08. The monoisotopic (exact) mass is 315 g/mol. The first kappa shape index (κ1) is 15.4. The van der Waals surface area contributed by atoms with Crippen LogP contribution in [-0.4, -0.2) is 23.1 Å². The third kappa shape index (κ3) is 3.65. The molecule has 120 valence electrons. The minimum atomic E-state index is -0.314. The van der Waals surface area contributed by atoms with Crippen LogP contribution < -0.4 is 16.2 Å². The molecule has 23 heavy (non-hydrogen) atoms. The van der Waals surface area contributed by atoms with Gasteiger partial charge in [0.25, 0.3) is 5.56 Å². The number of aromatic nitrogens is 1. The summed E-state index contributed by atoms with van der Waals surface area (Å²) in [5.41, 5.74) is 0.797. The highest BCUT2D eigenvalue weighted by Gasteiger charge is 2.22. The standard InChI is InChI=1S/C17H18FN3O2/c18-13-7-5-12(6-8-13)11-21-10-2-4-15(17(21)23)20-16(22)14-3-1-9-19-14/h2,4-8,10,14,19H,1,3,9,11H2,(H,20,22). The number of nitrogens with zero attached hydrogens (tertiary/aromatic N) is 1. The second-order valence-electron chi connectivity index (χ2n) is 5.62. The predicted octanol–water partition coefficient (Wildman–Crippen LogP) is 1.73. The van der Waals surface area contributed by atoms with Gasteiger partial charge >= 0.3 is 0 Å². The van der Waals surface area contributed by atoms with E-state index >= 15 is 0 Å². The molecule has 1 saturated heterocycles. The van der Waals surface area contributed by atoms with Crippen molar-refractivity contribution in [1.82, 2.24) is 9.88 Å². The fourth-order valence-electron chi connectivity index (χ4n) is 2.67. The number of carbonyl (C=O) groups is 1. The summed E-state index contributed by atoms with van der Waals surface area (Å²) in [6.07, 6.45) is 3.39. The number of pyridine rings is 1. The summed E-state index contributed by atoms with van der Waals surface area (Å²) < 4.78 is 14.4. The van der Waals surface area contributed by atoms with E-state index in [1.54, 1.807) is 30.5 Å². The van der Waals surface area contributed by atoms with Crippen molar-refractivity contribution in [1.29, 1.82) is 0 Å². The van der Waals surface area contributed by atoms with E-state index < -0.39 is 0 Å². The van der Waals surface area contributed by atoms with Crippen LogP contribution in [0.25, 0.3) is 0 Å². The number of nitrogens with one attached hydrogen (secondary N) is 2. The Labute approximate surface area is 133 Å². The molecule has 0 spiro atoms. The highest BCUT2D eigenvalue weighted by atomic mass is 19.1. The van der Waals surface area contributed by atoms with Gasteiger partial charge in [0.2, 0.25) is 5.91 Å². The normalized spacial score (nSPS) is 17.2. The molecule has 5 nitrogen and oxygen atoms in total. The van der Waals surface area contributed by atoms with Crippen molar-refractivity contribution in [2.45, 2.75) is 25.4 Å². The summed E-state index contributed by atoms with van der Waals surface area (Å²) in [6, 6.07) is 9.06. The van der Waals surface area contributed by atoms with Crippen LogP contribution in [0.1, 0.15) is 18.4 Å². The van der Waals surface area contributed by atoms with E-state index in [1.165, 1.54) is 16.7 Å². The van der Waals surface area contributed by atoms with Gasteiger partial charge in [-0.15, -0.1) is 0 Å². The Morgan fingerprint density at radius 1 is 1.30 bits per heavy atom. The predicted molar refractivity (Wildman–Crippen MR) is 85.9 cm³/mol. The minimum absolute atomic E-state index is 0.181. The summed E-state index contributed by atoms with van der Waals surface area (Å²) in [5, 5.41) is 5.79. The van der Waals surface area contributed by atoms with E-state index in [0.717, 1.165) is 24.9 Å². The lowest BCUT2D eigenvalue weighted by molar-refractivity contribution is -0.117. The number of amides is 1. The Morgan fingerprint density at radius 2 is 2.09 bits per heavy atom. The molecule has 1 aliphatic rings. The first-order chi connectivity index (χ1) is 11.1. The van der Waals surface area contributed by atoms with Crippen molar-refractivity contribution in [2.24, 2.45) is 0 Å². The Morgan fingerprint density at radius 3 is 2.78 bits per heavy atom. The van der Waals surface area contributed by atoms with Crippen molar-refractivity contribution in [3.63, 3.8) is 0 Å². The SMILES string of the molecule is O=C(Nc1cccn(Cc2ccc(F)cc2)c1=O)C1CCCN1. The Balaban J connectivity index is 1.76. The Hall–Kier alpha value is -2.47. The molecule has 1 aliphatic heterocycles. The zero-order valence-corrected chi connectivity index (χ0v) is 12.6. The molecule has 0 saturated carbocycles. The molecule has 1 amide bonds. The van der Waals surface area contributed by atoms with Crippen LogP contribution in [0, 0.1) is 5.82 Å². The van der Waals surface area contributed by atoms with Gasteiger partial charge in [-0.2, -0.15) is 0 Å². The molecule has 3 rings (SSSR count). The van der Waals surface area contributed by atoms with Crippen molar-refractivity contribution in [3.05, 3.63) is 64.3 Å². The number of hydrogen-bond donors (Lipinski definition) is 2. The van der Waals surface area contributed by atoms with E-state index in [2.05, 4.69) is 10.6 Å². The highest BCUT2D eigenvalue weighted by molar-refractivity contribution is 5.94. The molecule has 1 aromatic heterocycles. The molecular formula is C17H18FN3O2. The van der Waals surface area contributed by atoms with Crippen LogP contribution in [0.3, 0.4) is 0 Å². The molecule has 1 unspecified atom stereocenters. The summed E-state index contributed by atoms with van der Waals surface area (Å²) in [4.78, 5) is 24.6. The topological polar surface area (TPSA) is 63.1 Å². The summed E-state index contributed by atoms with van der Waals surface area (Å²) in [5.74, 6) is -0.495. The lowest BCUT2D eigenvalue weighted by Gasteiger charge is -2.12. The average molecular weight is 315 g/mol. The van der Waals surface area contributed by atoms with E-state index in [9.17, 15) is 14.0 Å². The van der Waals surface area contributed by atoms with Gasteiger partial charge in [-0.05, 0) is 49.2 Å². The first-order valence-electron chi connectivity index (χ1n) is 7.61. The van der Waals surface area contributed by atoms with Crippen LogP contribution in [0.4, 0.5) is 10.1 Å². The van der Waals surface area contributed by atoms with Crippen molar-refractivity contribution < 1.29 is 9.18 Å². The van der Waals surface area contributed by atoms with Gasteiger partial charge in [0.05, 0.1) is 12.6 Å². The van der Waals surface area contributed by atoms with Gasteiger partial charge in [-0.3, -0.25) is 9.59 Å². The number of rotatable bonds is 4. The molecule has 0 radical (unpaired) electrons. The fourth-order valence-corrected chi connectivity index (χ4v) is 2.67. The smallest absolute Gasteiger partial charge is 0.274 e. The van der Waals surface area contributed by atoms with Gasteiger partial charge in [0, 0.05) is 6.20 Å². The van der Waals surface area contributed by atoms with Crippen LogP contribution >= 0.6 is 0 Å². The Bertz CT molecular complexity index is 749. The third-order valence-electron chi connectivity index (χ3n) is 3.92. The maximum Gasteiger partial charge on any atom is 0.274 e. The molecule has 2 N–H and O–H groups in total. The van der Waals surface area contributed by atoms with E-state index in [-0.39, 0.29) is 29.0 Å². The zero-order valence-electron chi connectivity index (χ0n) is 12.6. The van der Waals surface area contributed by atoms with Crippen molar-refractivity contribution >= 4 is 11.6 Å². The minimum Gasteiger partial charge on any atom is -0.320 e. The van der Waals surface area contributed by atoms with Crippen LogP contribution in [0.5, 0.6) is 0 Å². The number of carbonyl (C=O) groups excluding carboxylic acids is 1. The molecule has 0 aliphatic carbocycles. The largest absolute Gasteiger partial charge is 0.320 e. The molecule has 1 aromatic carbocycles. The summed E-state index contributed by atoms with van der Waals surface area (Å²) in [7, 11) is 0. The first-order valence-corrected chi connectivity index (χ1v) is 7.61. The lowest BCUT2D eigenvalue weighted by atomic mass is 10.2. The van der Waals surface area contributed by atoms with Crippen molar-refractivity contribution in [3.8, 4) is 0 Å². The molecule has 6 heteroatoms. The van der Waals surface area contributed by atoms with Gasteiger partial charge in [0.15, 0.2) is 0 Å². The molecule has 2 heterocycles. The Kier molecular flexibility index (Phi) is 4.52. The maximum atomic E-state index is 12.9. The number of benzene rings is 1. The van der Waals surface area contributed by atoms with Crippen LogP contribution in [0.15, 0.2) is 47.4 Å². The summed E-state index contributed by atoms with van der Waals surface area (Å²) >= 11 is 0. The molecule has 1 fully saturated rings. The second-order valence-corrected chi connectivity index (χ2v) is 5.62. The van der Waals surface area contributed by atoms with E-state index in [4.69, 9.17) is 0 Å². The molecule has 2 aromatic rings. The lowest BCUT2D eigenvalue weighted by Crippen LogP contribution is -2.37. The number of hydrogen-bond acceptors (Lipinski definition) is 3. The van der Waals surface area contributed by atoms with Crippen LogP contribution in [-0.2, 0) is 11.3 Å². The van der Waals surface area contributed by atoms with Gasteiger partial charge < -0.3 is 15.2 Å². The van der Waals surface area contributed by atoms with Crippen LogP contribution in [0.2, 0.25) is 0 Å². The van der Waals surface area contributed by atoms with Gasteiger partial charge in [0.1, 0.15) is 11.5 Å². The van der Waals surface area contributed by atoms with Gasteiger partial charge in [-0.25, -0.2) is 4.39 Å². The van der Waals surface area contributed by atoms with Crippen molar-refractivity contribution in [2.75, 3.05) is 11.9 Å². The number of halogens is 1. The molecular weight excluding hydrogens is 297 g/mol. The molecule has 1 atom stereocenters. The maximum absolute atomic E-state index is 12.9. The van der Waals surface area contributed by atoms with E-state index in [0.29, 0.717) is 6.54 Å². The second kappa shape index (κ2) is 6.75. The van der Waals surface area contributed by atoms with Gasteiger partial charge in [-0.1, -0.05) is 12.1 Å². The highest BCUT2D eigenvalue weighted by Crippen LogP contribution is 2.09. The quantitative estimate of drug-likeness (QED) is 0.903. The molecule has 0 bridgehead atoms.